The number of pyridine rings is 1. The zero-order valence-electron chi connectivity index (χ0n) is 24.1. The molecule has 0 spiro atoms. The third kappa shape index (κ3) is 5.85. The number of halogens is 1. The number of thiophene rings is 1. The number of benzene rings is 1. The van der Waals surface area contributed by atoms with E-state index in [4.69, 9.17) is 4.74 Å². The summed E-state index contributed by atoms with van der Waals surface area (Å²) in [5.74, 6) is -2.40. The number of hydrogen-bond donors (Lipinski definition) is 3. The molecule has 1 unspecified atom stereocenters. The molecule has 3 aromatic rings. The van der Waals surface area contributed by atoms with Crippen LogP contribution in [0.4, 0.5) is 4.39 Å². The minimum absolute atomic E-state index is 0.0583. The molecule has 3 fully saturated rings. The fourth-order valence-corrected chi connectivity index (χ4v) is 8.10. The summed E-state index contributed by atoms with van der Waals surface area (Å²) >= 11 is 1.15. The van der Waals surface area contributed by atoms with E-state index < -0.39 is 31.5 Å². The van der Waals surface area contributed by atoms with Crippen molar-refractivity contribution in [3.63, 3.8) is 0 Å². The third-order valence-corrected chi connectivity index (χ3v) is 10.9. The lowest BCUT2D eigenvalue weighted by Gasteiger charge is -2.43. The van der Waals surface area contributed by atoms with Crippen LogP contribution in [-0.2, 0) is 14.2 Å². The molecule has 1 aromatic carbocycles. The molecule has 0 aliphatic carbocycles. The Labute approximate surface area is 257 Å². The highest BCUT2D eigenvalue weighted by atomic mass is 32.1. The molecule has 2 aromatic heterocycles. The molecule has 0 saturated carbocycles. The average molecular weight is 645 g/mol. The molecule has 5 heterocycles. The van der Waals surface area contributed by atoms with Crippen LogP contribution in [0.3, 0.4) is 0 Å². The van der Waals surface area contributed by atoms with Gasteiger partial charge in [-0.15, -0.1) is 11.3 Å². The van der Waals surface area contributed by atoms with Crippen LogP contribution in [0, 0.1) is 0 Å². The van der Waals surface area contributed by atoms with Gasteiger partial charge in [-0.3, -0.25) is 23.9 Å². The highest BCUT2D eigenvalue weighted by molar-refractivity contribution is 7.51. The summed E-state index contributed by atoms with van der Waals surface area (Å²) < 4.78 is 31.7. The zero-order chi connectivity index (χ0) is 31.2. The minimum atomic E-state index is -4.97. The molecule has 3 aliphatic rings. The average Bonchev–Trinajstić information content (AvgIpc) is 3.60. The van der Waals surface area contributed by atoms with Gasteiger partial charge >= 0.3 is 7.60 Å². The van der Waals surface area contributed by atoms with E-state index in [0.29, 0.717) is 40.9 Å². The first-order valence-corrected chi connectivity index (χ1v) is 17.2. The summed E-state index contributed by atoms with van der Waals surface area (Å²) in [6.07, 6.45) is 7.65. The Morgan fingerprint density at radius 2 is 1.91 bits per heavy atom. The number of methoxy groups -OCH3 is 1. The van der Waals surface area contributed by atoms with Crippen LogP contribution in [0.2, 0.25) is 0 Å². The Bertz CT molecular complexity index is 1640. The zero-order valence-corrected chi connectivity index (χ0v) is 25.8. The first kappa shape index (κ1) is 30.6. The minimum Gasteiger partial charge on any atom is -0.496 e. The lowest BCUT2D eigenvalue weighted by molar-refractivity contribution is -0.149. The number of amides is 3. The topological polar surface area (TPSA) is 149 Å². The predicted molar refractivity (Wildman–Crippen MR) is 161 cm³/mol. The Balaban J connectivity index is 1.15. The van der Waals surface area contributed by atoms with Crippen molar-refractivity contribution in [2.24, 2.45) is 0 Å². The summed E-state index contributed by atoms with van der Waals surface area (Å²) in [5.41, 5.74) is 0.784. The summed E-state index contributed by atoms with van der Waals surface area (Å²) in [4.78, 5) is 67.4. The van der Waals surface area contributed by atoms with Crippen molar-refractivity contribution in [3.05, 3.63) is 58.7 Å². The number of carbonyl (C=O) groups is 3. The van der Waals surface area contributed by atoms with E-state index in [-0.39, 0.29) is 29.3 Å². The Kier molecular flexibility index (Phi) is 8.49. The second-order valence-corrected chi connectivity index (χ2v) is 14.4. The molecule has 3 amide bonds. The van der Waals surface area contributed by atoms with Crippen molar-refractivity contribution in [2.45, 2.75) is 68.5 Å². The summed E-state index contributed by atoms with van der Waals surface area (Å²) in [5, 5.41) is 3.35. The van der Waals surface area contributed by atoms with Crippen molar-refractivity contribution in [1.82, 2.24) is 20.1 Å². The van der Waals surface area contributed by atoms with E-state index in [9.17, 15) is 33.1 Å². The van der Waals surface area contributed by atoms with Crippen molar-refractivity contribution < 1.29 is 37.9 Å². The maximum atomic E-state index is 14.2. The number of carbonyl (C=O) groups excluding carboxylic acids is 3. The monoisotopic (exact) mass is 644 g/mol. The molecular weight excluding hydrogens is 610 g/mol. The van der Waals surface area contributed by atoms with Crippen LogP contribution < -0.4 is 10.1 Å². The van der Waals surface area contributed by atoms with Crippen molar-refractivity contribution in [3.8, 4) is 5.75 Å². The van der Waals surface area contributed by atoms with E-state index in [1.54, 1.807) is 35.4 Å². The number of alkyl halides is 1. The Hall–Kier alpha value is -3.38. The molecule has 234 valence electrons. The van der Waals surface area contributed by atoms with E-state index in [2.05, 4.69) is 10.3 Å². The second kappa shape index (κ2) is 12.2. The smallest absolute Gasteiger partial charge is 0.363 e. The number of hydrogen-bond acceptors (Lipinski definition) is 7. The lowest BCUT2D eigenvalue weighted by Crippen LogP contribution is -2.59. The van der Waals surface area contributed by atoms with E-state index >= 15 is 0 Å². The van der Waals surface area contributed by atoms with Crippen LogP contribution in [0.5, 0.6) is 5.75 Å². The van der Waals surface area contributed by atoms with Crippen LogP contribution in [0.1, 0.15) is 71.2 Å². The predicted octanol–water partition coefficient (Wildman–Crippen LogP) is 4.11. The van der Waals surface area contributed by atoms with Crippen LogP contribution in [-0.4, -0.2) is 80.6 Å². The number of rotatable bonds is 7. The Morgan fingerprint density at radius 3 is 2.66 bits per heavy atom. The normalized spacial score (nSPS) is 23.5. The highest BCUT2D eigenvalue weighted by Crippen LogP contribution is 2.53. The fourth-order valence-electron chi connectivity index (χ4n) is 6.61. The van der Waals surface area contributed by atoms with Gasteiger partial charge in [-0.25, -0.2) is 4.39 Å². The van der Waals surface area contributed by atoms with Crippen LogP contribution in [0.25, 0.3) is 10.1 Å². The fraction of sp³-hybridized carbons (Fsp3) is 0.467. The van der Waals surface area contributed by atoms with Gasteiger partial charge in [0.15, 0.2) is 0 Å². The van der Waals surface area contributed by atoms with E-state index in [1.807, 2.05) is 0 Å². The first-order valence-electron chi connectivity index (χ1n) is 14.7. The molecule has 6 rings (SSSR count). The number of fused-ring (bicyclic) bond motifs is 2. The van der Waals surface area contributed by atoms with Gasteiger partial charge in [0.2, 0.25) is 17.7 Å². The van der Waals surface area contributed by atoms with Gasteiger partial charge in [-0.05, 0) is 60.9 Å². The molecular formula is C30H34FN4O7PS. The number of aromatic nitrogens is 1. The van der Waals surface area contributed by atoms with Gasteiger partial charge in [-0.2, -0.15) is 0 Å². The molecule has 44 heavy (non-hydrogen) atoms. The molecule has 3 saturated heterocycles. The van der Waals surface area contributed by atoms with Gasteiger partial charge in [0, 0.05) is 47.7 Å². The number of likely N-dealkylation sites (tertiary alicyclic amines) is 1. The molecule has 4 atom stereocenters. The molecule has 0 radical (unpaired) electrons. The van der Waals surface area contributed by atoms with E-state index in [1.165, 1.54) is 24.3 Å². The summed E-state index contributed by atoms with van der Waals surface area (Å²) in [6.45, 7) is 1.05. The second-order valence-electron chi connectivity index (χ2n) is 11.7. The first-order chi connectivity index (χ1) is 21.0. The molecule has 14 heteroatoms. The van der Waals surface area contributed by atoms with Crippen molar-refractivity contribution >= 4 is 46.7 Å². The van der Waals surface area contributed by atoms with E-state index in [0.717, 1.165) is 48.3 Å². The van der Waals surface area contributed by atoms with Gasteiger partial charge in [0.25, 0.3) is 5.91 Å². The standard InChI is InChI=1S/C30H34FN4O7PS/c1-42-24-10-11-32-14-21(24)19-15-34(16-19)30(38)23-8-7-20-4-2-3-5-22(29(37)35(20)23)33-28(36)26-13-18-12-17(6-9-25(18)44-26)27(31)43(39,40)41/h6,9-14,19-20,22-23,27H,2-5,7-8,15-16H2,1H3,(H,33,36)(H2,39,40,41)/t20-,22-,23-,27?/m0/s1. The number of nitrogens with one attached hydrogen (secondary N) is 1. The van der Waals surface area contributed by atoms with Gasteiger partial charge in [0.05, 0.1) is 12.0 Å². The quantitative estimate of drug-likeness (QED) is 0.326. The van der Waals surface area contributed by atoms with Crippen LogP contribution >= 0.6 is 18.9 Å². The third-order valence-electron chi connectivity index (χ3n) is 8.92. The number of ether oxygens (including phenoxy) is 1. The number of nitrogens with zero attached hydrogens (tertiary/aromatic N) is 3. The SMILES string of the molecule is COc1ccncc1C1CN(C(=O)[C@@H]2CC[C@@H]3CCCC[C@H](NC(=O)c4cc5cc(C(F)P(=O)(O)O)ccc5s4)C(=O)N32)C1. The highest BCUT2D eigenvalue weighted by Gasteiger charge is 2.47. The summed E-state index contributed by atoms with van der Waals surface area (Å²) in [6, 6.07) is 6.03. The lowest BCUT2D eigenvalue weighted by atomic mass is 9.91. The van der Waals surface area contributed by atoms with Crippen molar-refractivity contribution in [2.75, 3.05) is 20.2 Å². The van der Waals surface area contributed by atoms with Crippen LogP contribution in [0.15, 0.2) is 42.7 Å². The summed E-state index contributed by atoms with van der Waals surface area (Å²) in [7, 11) is -3.37. The van der Waals surface area contributed by atoms with Gasteiger partial charge in [0.1, 0.15) is 17.8 Å². The molecule has 11 nitrogen and oxygen atoms in total. The van der Waals surface area contributed by atoms with Gasteiger partial charge in [-0.1, -0.05) is 18.9 Å². The maximum absolute atomic E-state index is 14.2. The van der Waals surface area contributed by atoms with Crippen molar-refractivity contribution in [1.29, 1.82) is 0 Å². The molecule has 3 N–H and O–H groups in total. The molecule has 3 aliphatic heterocycles. The van der Waals surface area contributed by atoms with Gasteiger partial charge < -0.3 is 29.6 Å². The Morgan fingerprint density at radius 1 is 1.14 bits per heavy atom. The largest absolute Gasteiger partial charge is 0.496 e. The maximum Gasteiger partial charge on any atom is 0.363 e. The molecule has 0 bridgehead atoms.